The Kier molecular flexibility index (Phi) is 3.91. The highest BCUT2D eigenvalue weighted by molar-refractivity contribution is 7.91. The Morgan fingerprint density at radius 2 is 2.05 bits per heavy atom. The number of hydrogen-bond acceptors (Lipinski definition) is 7. The Labute approximate surface area is 112 Å². The van der Waals surface area contributed by atoms with Gasteiger partial charge in [-0.2, -0.15) is 0 Å². The van der Waals surface area contributed by atoms with Crippen molar-refractivity contribution in [2.75, 3.05) is 22.2 Å². The van der Waals surface area contributed by atoms with E-state index in [4.69, 9.17) is 5.84 Å². The molecule has 19 heavy (non-hydrogen) atoms. The molecule has 7 nitrogen and oxygen atoms in total. The second kappa shape index (κ2) is 5.30. The van der Waals surface area contributed by atoms with Gasteiger partial charge in [0.1, 0.15) is 17.5 Å². The zero-order valence-corrected chi connectivity index (χ0v) is 11.9. The van der Waals surface area contributed by atoms with E-state index in [9.17, 15) is 8.42 Å². The molecule has 1 aromatic rings. The van der Waals surface area contributed by atoms with E-state index in [0.29, 0.717) is 30.3 Å². The fourth-order valence-corrected chi connectivity index (χ4v) is 3.78. The first kappa shape index (κ1) is 14.0. The lowest BCUT2D eigenvalue weighted by molar-refractivity contribution is 0.602. The Morgan fingerprint density at radius 3 is 2.58 bits per heavy atom. The minimum absolute atomic E-state index is 0.0890. The maximum atomic E-state index is 11.5. The summed E-state index contributed by atoms with van der Waals surface area (Å²) in [4.78, 5) is 8.67. The fourth-order valence-electron chi connectivity index (χ4n) is 2.10. The lowest BCUT2D eigenvalue weighted by Crippen LogP contribution is -2.23. The molecule has 106 valence electrons. The van der Waals surface area contributed by atoms with Crippen molar-refractivity contribution in [3.05, 3.63) is 11.4 Å². The van der Waals surface area contributed by atoms with Crippen LogP contribution in [0, 0.1) is 6.92 Å². The summed E-state index contributed by atoms with van der Waals surface area (Å²) in [5, 5.41) is 3.19. The molecule has 1 unspecified atom stereocenters. The van der Waals surface area contributed by atoms with Crippen molar-refractivity contribution < 1.29 is 8.42 Å². The van der Waals surface area contributed by atoms with Crippen LogP contribution >= 0.6 is 0 Å². The molecule has 0 saturated carbocycles. The molecule has 0 aliphatic carbocycles. The molecule has 4 N–H and O–H groups in total. The maximum absolute atomic E-state index is 11.5. The molecule has 8 heteroatoms. The minimum Gasteiger partial charge on any atom is -0.366 e. The van der Waals surface area contributed by atoms with Crippen molar-refractivity contribution >= 4 is 21.5 Å². The van der Waals surface area contributed by atoms with Crippen molar-refractivity contribution in [1.29, 1.82) is 0 Å². The molecular weight excluding hydrogens is 266 g/mol. The number of sulfone groups is 1. The molecule has 2 heterocycles. The fraction of sp³-hybridized carbons (Fsp3) is 0.636. The summed E-state index contributed by atoms with van der Waals surface area (Å²) in [5.41, 5.74) is 3.34. The molecular formula is C11H19N5O2S. The molecule has 0 aromatic carbocycles. The zero-order chi connectivity index (χ0) is 14.0. The van der Waals surface area contributed by atoms with Crippen LogP contribution in [0.15, 0.2) is 0 Å². The number of nitrogens with zero attached hydrogens (tertiary/aromatic N) is 2. The predicted octanol–water partition coefficient (Wildman–Crippen LogP) is 0.232. The van der Waals surface area contributed by atoms with E-state index in [-0.39, 0.29) is 17.5 Å². The molecule has 2 rings (SSSR count). The summed E-state index contributed by atoms with van der Waals surface area (Å²) >= 11 is 0. The first-order valence-electron chi connectivity index (χ1n) is 6.26. The van der Waals surface area contributed by atoms with Crippen molar-refractivity contribution in [1.82, 2.24) is 9.97 Å². The molecule has 0 radical (unpaired) electrons. The molecule has 0 spiro atoms. The third-order valence-electron chi connectivity index (χ3n) is 3.22. The summed E-state index contributed by atoms with van der Waals surface area (Å²) in [5.74, 6) is 7.71. The number of anilines is 2. The molecule has 1 fully saturated rings. The van der Waals surface area contributed by atoms with Crippen molar-refractivity contribution in [2.45, 2.75) is 32.7 Å². The molecule has 0 amide bonds. The highest BCUT2D eigenvalue weighted by Crippen LogP contribution is 2.23. The second-order valence-corrected chi connectivity index (χ2v) is 6.93. The third-order valence-corrected chi connectivity index (χ3v) is 4.99. The largest absolute Gasteiger partial charge is 0.366 e. The zero-order valence-electron chi connectivity index (χ0n) is 11.1. The van der Waals surface area contributed by atoms with Gasteiger partial charge in [0.05, 0.1) is 11.5 Å². The van der Waals surface area contributed by atoms with Gasteiger partial charge in [0, 0.05) is 18.0 Å². The number of nitrogens with one attached hydrogen (secondary N) is 2. The van der Waals surface area contributed by atoms with E-state index in [1.54, 1.807) is 0 Å². The number of rotatable bonds is 4. The van der Waals surface area contributed by atoms with Crippen LogP contribution in [-0.2, 0) is 16.3 Å². The summed E-state index contributed by atoms with van der Waals surface area (Å²) in [7, 11) is -2.91. The smallest absolute Gasteiger partial charge is 0.152 e. The highest BCUT2D eigenvalue weighted by Gasteiger charge is 2.28. The minimum atomic E-state index is -2.91. The number of nitrogens with two attached hydrogens (primary N) is 1. The molecule has 1 saturated heterocycles. The highest BCUT2D eigenvalue weighted by atomic mass is 32.2. The van der Waals surface area contributed by atoms with E-state index < -0.39 is 9.84 Å². The van der Waals surface area contributed by atoms with Gasteiger partial charge in [0.2, 0.25) is 0 Å². The van der Waals surface area contributed by atoms with Crippen molar-refractivity contribution in [3.8, 4) is 0 Å². The first-order chi connectivity index (χ1) is 8.95. The van der Waals surface area contributed by atoms with Gasteiger partial charge in [-0.1, -0.05) is 6.92 Å². The number of aryl methyl sites for hydroxylation is 1. The molecule has 1 aromatic heterocycles. The number of nitrogen functional groups attached to an aromatic ring is 1. The van der Waals surface area contributed by atoms with Gasteiger partial charge < -0.3 is 10.7 Å². The van der Waals surface area contributed by atoms with Crippen LogP contribution in [0.1, 0.15) is 24.7 Å². The summed E-state index contributed by atoms with van der Waals surface area (Å²) in [6.45, 7) is 3.80. The number of hydrogen-bond donors (Lipinski definition) is 3. The standard InChI is InChI=1S/C11H19N5O2S/c1-3-9-14-10(7(2)11(15-9)16-12)13-8-4-5-19(17,18)6-8/h8H,3-6,12H2,1-2H3,(H2,13,14,15,16). The van der Waals surface area contributed by atoms with Gasteiger partial charge in [-0.05, 0) is 13.3 Å². The lowest BCUT2D eigenvalue weighted by Gasteiger charge is -2.16. The summed E-state index contributed by atoms with van der Waals surface area (Å²) < 4.78 is 22.9. The Balaban J connectivity index is 2.24. The van der Waals surface area contributed by atoms with Gasteiger partial charge in [-0.25, -0.2) is 24.2 Å². The number of aromatic nitrogens is 2. The Bertz CT molecular complexity index is 573. The van der Waals surface area contributed by atoms with Crippen molar-refractivity contribution in [3.63, 3.8) is 0 Å². The maximum Gasteiger partial charge on any atom is 0.152 e. The first-order valence-corrected chi connectivity index (χ1v) is 8.08. The van der Waals surface area contributed by atoms with E-state index in [1.807, 2.05) is 13.8 Å². The molecule has 1 atom stereocenters. The van der Waals surface area contributed by atoms with E-state index >= 15 is 0 Å². The topological polar surface area (TPSA) is 110 Å². The van der Waals surface area contributed by atoms with E-state index in [2.05, 4.69) is 20.7 Å². The predicted molar refractivity (Wildman–Crippen MR) is 74.6 cm³/mol. The van der Waals surface area contributed by atoms with Gasteiger partial charge in [0.25, 0.3) is 0 Å². The van der Waals surface area contributed by atoms with Crippen molar-refractivity contribution in [2.24, 2.45) is 5.84 Å². The number of hydrazine groups is 1. The van der Waals surface area contributed by atoms with Crippen LogP contribution in [0.25, 0.3) is 0 Å². The monoisotopic (exact) mass is 285 g/mol. The van der Waals surface area contributed by atoms with Crippen LogP contribution in [-0.4, -0.2) is 35.9 Å². The quantitative estimate of drug-likeness (QED) is 0.536. The Hall–Kier alpha value is -1.41. The van der Waals surface area contributed by atoms with Crippen LogP contribution in [0.5, 0.6) is 0 Å². The average molecular weight is 285 g/mol. The average Bonchev–Trinajstić information content (AvgIpc) is 2.71. The van der Waals surface area contributed by atoms with Crippen LogP contribution in [0.4, 0.5) is 11.6 Å². The normalized spacial score (nSPS) is 21.3. The van der Waals surface area contributed by atoms with Gasteiger partial charge in [-0.15, -0.1) is 0 Å². The van der Waals surface area contributed by atoms with Gasteiger partial charge in [0.15, 0.2) is 9.84 Å². The van der Waals surface area contributed by atoms with Crippen LogP contribution < -0.4 is 16.6 Å². The summed E-state index contributed by atoms with van der Waals surface area (Å²) in [6.07, 6.45) is 1.30. The van der Waals surface area contributed by atoms with Gasteiger partial charge in [-0.3, -0.25) is 0 Å². The molecule has 0 bridgehead atoms. The van der Waals surface area contributed by atoms with Crippen LogP contribution in [0.2, 0.25) is 0 Å². The Morgan fingerprint density at radius 1 is 1.37 bits per heavy atom. The summed E-state index contributed by atoms with van der Waals surface area (Å²) in [6, 6.07) is -0.0890. The van der Waals surface area contributed by atoms with E-state index in [1.165, 1.54) is 0 Å². The third kappa shape index (κ3) is 3.13. The molecule has 1 aliphatic rings. The SMILES string of the molecule is CCc1nc(NN)c(C)c(NC2CCS(=O)(=O)C2)n1. The van der Waals surface area contributed by atoms with Gasteiger partial charge >= 0.3 is 0 Å². The second-order valence-electron chi connectivity index (χ2n) is 4.70. The van der Waals surface area contributed by atoms with Crippen LogP contribution in [0.3, 0.4) is 0 Å². The van der Waals surface area contributed by atoms with E-state index in [0.717, 1.165) is 5.56 Å². The molecule has 1 aliphatic heterocycles. The lowest BCUT2D eigenvalue weighted by atomic mass is 10.2.